The normalized spacial score (nSPS) is 11.1. The lowest BCUT2D eigenvalue weighted by Gasteiger charge is -2.02. The van der Waals surface area contributed by atoms with E-state index in [4.69, 9.17) is 0 Å². The molecule has 0 amide bonds. The van der Waals surface area contributed by atoms with Gasteiger partial charge in [0.25, 0.3) is 5.69 Å². The summed E-state index contributed by atoms with van der Waals surface area (Å²) in [7, 11) is 0. The van der Waals surface area contributed by atoms with Gasteiger partial charge in [-0.05, 0) is 18.6 Å². The number of aromatic nitrogens is 2. The van der Waals surface area contributed by atoms with Crippen LogP contribution in [0.15, 0.2) is 35.8 Å². The smallest absolute Gasteiger partial charge is 0.270 e. The second kappa shape index (κ2) is 5.05. The Morgan fingerprint density at radius 1 is 1.40 bits per heavy atom. The first kappa shape index (κ1) is 12.8. The zero-order chi connectivity index (χ0) is 14.1. The molecule has 0 aliphatic heterocycles. The maximum Gasteiger partial charge on any atom is 0.270 e. The molecule has 2 heterocycles. The number of thiazole rings is 1. The van der Waals surface area contributed by atoms with Gasteiger partial charge >= 0.3 is 0 Å². The van der Waals surface area contributed by atoms with Crippen LogP contribution in [-0.4, -0.2) is 14.5 Å². The Morgan fingerprint density at radius 3 is 2.95 bits per heavy atom. The Balaban J connectivity index is 1.94. The topological polar surface area (TPSA) is 61.0 Å². The van der Waals surface area contributed by atoms with Gasteiger partial charge in [-0.2, -0.15) is 0 Å². The van der Waals surface area contributed by atoms with Crippen molar-refractivity contribution in [3.05, 3.63) is 56.7 Å². The van der Waals surface area contributed by atoms with Gasteiger partial charge in [0.05, 0.1) is 22.2 Å². The van der Waals surface area contributed by atoms with Crippen molar-refractivity contribution in [2.45, 2.75) is 19.9 Å². The monoisotopic (exact) mass is 287 g/mol. The number of non-ortho nitro benzene ring substituents is 1. The van der Waals surface area contributed by atoms with E-state index < -0.39 is 0 Å². The molecule has 0 bridgehead atoms. The SMILES string of the molecule is CCc1nc(Cn2ccc3cc([N+](=O)[O-])ccc32)cs1. The first-order chi connectivity index (χ1) is 9.67. The maximum absolute atomic E-state index is 10.8. The molecule has 0 radical (unpaired) electrons. The van der Waals surface area contributed by atoms with E-state index in [1.165, 1.54) is 6.07 Å². The number of hydrogen-bond donors (Lipinski definition) is 0. The molecular formula is C14H13N3O2S. The molecule has 0 aliphatic carbocycles. The molecule has 1 aromatic carbocycles. The first-order valence-corrected chi connectivity index (χ1v) is 7.22. The first-order valence-electron chi connectivity index (χ1n) is 6.34. The zero-order valence-electron chi connectivity index (χ0n) is 10.9. The Morgan fingerprint density at radius 2 is 2.25 bits per heavy atom. The van der Waals surface area contributed by atoms with E-state index in [1.807, 2.05) is 12.3 Å². The van der Waals surface area contributed by atoms with E-state index in [9.17, 15) is 10.1 Å². The fraction of sp³-hybridized carbons (Fsp3) is 0.214. The second-order valence-electron chi connectivity index (χ2n) is 4.53. The summed E-state index contributed by atoms with van der Waals surface area (Å²) < 4.78 is 2.06. The number of hydrogen-bond acceptors (Lipinski definition) is 4. The molecule has 20 heavy (non-hydrogen) atoms. The molecule has 0 unspecified atom stereocenters. The highest BCUT2D eigenvalue weighted by Gasteiger charge is 2.09. The van der Waals surface area contributed by atoms with E-state index in [0.29, 0.717) is 6.54 Å². The van der Waals surface area contributed by atoms with E-state index >= 15 is 0 Å². The van der Waals surface area contributed by atoms with Crippen molar-refractivity contribution in [2.75, 3.05) is 0 Å². The van der Waals surface area contributed by atoms with Crippen LogP contribution in [0.25, 0.3) is 10.9 Å². The van der Waals surface area contributed by atoms with Crippen LogP contribution in [0.1, 0.15) is 17.6 Å². The molecule has 5 nitrogen and oxygen atoms in total. The van der Waals surface area contributed by atoms with Crippen LogP contribution in [0, 0.1) is 10.1 Å². The van der Waals surface area contributed by atoms with Crippen LogP contribution < -0.4 is 0 Å². The van der Waals surface area contributed by atoms with Gasteiger partial charge in [0.15, 0.2) is 0 Å². The number of nitro groups is 1. The van der Waals surface area contributed by atoms with Crippen LogP contribution in [0.4, 0.5) is 5.69 Å². The highest BCUT2D eigenvalue weighted by atomic mass is 32.1. The quantitative estimate of drug-likeness (QED) is 0.544. The Bertz CT molecular complexity index is 776. The van der Waals surface area contributed by atoms with Gasteiger partial charge in [-0.3, -0.25) is 10.1 Å². The molecule has 0 saturated carbocycles. The van der Waals surface area contributed by atoms with Crippen LogP contribution in [0.3, 0.4) is 0 Å². The molecule has 0 atom stereocenters. The number of nitrogens with zero attached hydrogens (tertiary/aromatic N) is 3. The number of benzene rings is 1. The summed E-state index contributed by atoms with van der Waals surface area (Å²) in [6.07, 6.45) is 2.89. The van der Waals surface area contributed by atoms with Crippen molar-refractivity contribution in [2.24, 2.45) is 0 Å². The average Bonchev–Trinajstić information content (AvgIpc) is 3.06. The summed E-state index contributed by atoms with van der Waals surface area (Å²) in [5, 5.41) is 14.8. The summed E-state index contributed by atoms with van der Waals surface area (Å²) in [4.78, 5) is 14.9. The molecule has 0 fully saturated rings. The minimum Gasteiger partial charge on any atom is -0.341 e. The van der Waals surface area contributed by atoms with Crippen molar-refractivity contribution in [3.8, 4) is 0 Å². The lowest BCUT2D eigenvalue weighted by molar-refractivity contribution is -0.384. The van der Waals surface area contributed by atoms with Crippen LogP contribution in [-0.2, 0) is 13.0 Å². The fourth-order valence-corrected chi connectivity index (χ4v) is 2.93. The lowest BCUT2D eigenvalue weighted by Crippen LogP contribution is -1.98. The molecule has 0 N–H and O–H groups in total. The van der Waals surface area contributed by atoms with Gasteiger partial charge in [0.1, 0.15) is 0 Å². The van der Waals surface area contributed by atoms with Gasteiger partial charge in [0.2, 0.25) is 0 Å². The van der Waals surface area contributed by atoms with E-state index in [-0.39, 0.29) is 10.6 Å². The van der Waals surface area contributed by atoms with Crippen LogP contribution in [0.5, 0.6) is 0 Å². The summed E-state index contributed by atoms with van der Waals surface area (Å²) >= 11 is 1.67. The van der Waals surface area contributed by atoms with Crippen molar-refractivity contribution in [1.29, 1.82) is 0 Å². The van der Waals surface area contributed by atoms with E-state index in [0.717, 1.165) is 28.0 Å². The number of aryl methyl sites for hydroxylation is 1. The molecule has 2 aromatic heterocycles. The molecular weight excluding hydrogens is 274 g/mol. The van der Waals surface area contributed by atoms with Crippen molar-refractivity contribution in [3.63, 3.8) is 0 Å². The Kier molecular flexibility index (Phi) is 3.23. The molecule has 3 rings (SSSR count). The van der Waals surface area contributed by atoms with E-state index in [1.54, 1.807) is 23.5 Å². The third-order valence-electron chi connectivity index (χ3n) is 3.20. The highest BCUT2D eigenvalue weighted by Crippen LogP contribution is 2.23. The predicted molar refractivity (Wildman–Crippen MR) is 79.2 cm³/mol. The molecule has 0 saturated heterocycles. The summed E-state index contributed by atoms with van der Waals surface area (Å²) in [5.41, 5.74) is 2.14. The minimum absolute atomic E-state index is 0.122. The average molecular weight is 287 g/mol. The minimum atomic E-state index is -0.370. The van der Waals surface area contributed by atoms with Gasteiger partial charge in [-0.1, -0.05) is 6.92 Å². The number of nitro benzene ring substituents is 1. The summed E-state index contributed by atoms with van der Waals surface area (Å²) in [5.74, 6) is 0. The van der Waals surface area contributed by atoms with Crippen molar-refractivity contribution in [1.82, 2.24) is 9.55 Å². The van der Waals surface area contributed by atoms with Crippen LogP contribution >= 0.6 is 11.3 Å². The number of fused-ring (bicyclic) bond motifs is 1. The zero-order valence-corrected chi connectivity index (χ0v) is 11.8. The molecule has 102 valence electrons. The highest BCUT2D eigenvalue weighted by molar-refractivity contribution is 7.09. The molecule has 3 aromatic rings. The third kappa shape index (κ3) is 2.30. The molecule has 0 spiro atoms. The summed E-state index contributed by atoms with van der Waals surface area (Å²) in [6, 6.07) is 6.83. The van der Waals surface area contributed by atoms with E-state index in [2.05, 4.69) is 21.9 Å². The van der Waals surface area contributed by atoms with Gasteiger partial charge in [-0.15, -0.1) is 11.3 Å². The standard InChI is InChI=1S/C14H13N3O2S/c1-2-14-15-11(9-20-14)8-16-6-5-10-7-12(17(18)19)3-4-13(10)16/h3-7,9H,2,8H2,1H3. The lowest BCUT2D eigenvalue weighted by atomic mass is 10.2. The Hall–Kier alpha value is -2.21. The van der Waals surface area contributed by atoms with Crippen molar-refractivity contribution < 1.29 is 4.92 Å². The second-order valence-corrected chi connectivity index (χ2v) is 5.47. The molecule has 6 heteroatoms. The summed E-state index contributed by atoms with van der Waals surface area (Å²) in [6.45, 7) is 2.78. The van der Waals surface area contributed by atoms with Gasteiger partial charge < -0.3 is 4.57 Å². The maximum atomic E-state index is 10.8. The van der Waals surface area contributed by atoms with Crippen LogP contribution in [0.2, 0.25) is 0 Å². The number of rotatable bonds is 4. The molecule has 0 aliphatic rings. The fourth-order valence-electron chi connectivity index (χ4n) is 2.20. The third-order valence-corrected chi connectivity index (χ3v) is 4.24. The van der Waals surface area contributed by atoms with Crippen molar-refractivity contribution >= 4 is 27.9 Å². The van der Waals surface area contributed by atoms with Gasteiger partial charge in [0, 0.05) is 34.6 Å². The largest absolute Gasteiger partial charge is 0.341 e. The Labute approximate surface area is 119 Å². The van der Waals surface area contributed by atoms with Gasteiger partial charge in [-0.25, -0.2) is 4.98 Å². The predicted octanol–water partition coefficient (Wildman–Crippen LogP) is 3.62.